The molecule has 0 atom stereocenters. The number of pyridine rings is 1. The second kappa shape index (κ2) is 8.91. The van der Waals surface area contributed by atoms with E-state index in [0.717, 1.165) is 5.56 Å². The minimum atomic E-state index is -0.419. The zero-order chi connectivity index (χ0) is 22.8. The van der Waals surface area contributed by atoms with Crippen molar-refractivity contribution in [1.29, 1.82) is 0 Å². The van der Waals surface area contributed by atoms with Crippen LogP contribution in [0.15, 0.2) is 52.5 Å². The molecule has 3 heterocycles. The van der Waals surface area contributed by atoms with Crippen molar-refractivity contribution in [2.45, 2.75) is 25.4 Å². The summed E-state index contributed by atoms with van der Waals surface area (Å²) in [6.07, 6.45) is 1.98. The molecule has 0 unspecified atom stereocenters. The Labute approximate surface area is 187 Å². The molecular weight excluding hydrogens is 431 g/mol. The Hall–Kier alpha value is -3.53. The third kappa shape index (κ3) is 4.40. The number of fused-ring (bicyclic) bond motifs is 1. The Morgan fingerprint density at radius 3 is 2.78 bits per heavy atom. The van der Waals surface area contributed by atoms with Crippen molar-refractivity contribution in [3.63, 3.8) is 0 Å². The zero-order valence-corrected chi connectivity index (χ0v) is 18.6. The second-order valence-corrected chi connectivity index (χ2v) is 8.29. The number of amides is 1. The first-order valence-electron chi connectivity index (χ1n) is 9.87. The number of anilines is 1. The SMILES string of the molecule is Cc1nc2c(C)cccn2c(=O)c1Cc1nnc(SCC(=O)Nc2cccc(F)c2)n1C. The van der Waals surface area contributed by atoms with E-state index in [9.17, 15) is 14.0 Å². The van der Waals surface area contributed by atoms with Crippen LogP contribution < -0.4 is 10.9 Å². The van der Waals surface area contributed by atoms with E-state index in [0.29, 0.717) is 33.6 Å². The molecule has 0 saturated carbocycles. The highest BCUT2D eigenvalue weighted by molar-refractivity contribution is 7.99. The maximum Gasteiger partial charge on any atom is 0.261 e. The van der Waals surface area contributed by atoms with Crippen LogP contribution in [-0.4, -0.2) is 35.8 Å². The van der Waals surface area contributed by atoms with Gasteiger partial charge in [-0.05, 0) is 43.7 Å². The Balaban J connectivity index is 1.49. The van der Waals surface area contributed by atoms with Crippen LogP contribution in [0.3, 0.4) is 0 Å². The lowest BCUT2D eigenvalue weighted by Gasteiger charge is -2.09. The largest absolute Gasteiger partial charge is 0.325 e. The lowest BCUT2D eigenvalue weighted by molar-refractivity contribution is -0.113. The molecule has 0 aliphatic heterocycles. The van der Waals surface area contributed by atoms with Crippen molar-refractivity contribution in [2.75, 3.05) is 11.1 Å². The number of hydrogen-bond acceptors (Lipinski definition) is 6. The van der Waals surface area contributed by atoms with Crippen molar-refractivity contribution in [1.82, 2.24) is 24.1 Å². The second-order valence-electron chi connectivity index (χ2n) is 7.35. The van der Waals surface area contributed by atoms with Gasteiger partial charge in [-0.1, -0.05) is 23.9 Å². The molecule has 0 saturated heterocycles. The molecule has 3 aromatic heterocycles. The van der Waals surface area contributed by atoms with Gasteiger partial charge in [0.05, 0.1) is 5.75 Å². The van der Waals surface area contributed by atoms with Crippen LogP contribution in [-0.2, 0) is 18.3 Å². The molecule has 0 aliphatic rings. The Bertz CT molecular complexity index is 1380. The van der Waals surface area contributed by atoms with E-state index in [1.54, 1.807) is 28.3 Å². The highest BCUT2D eigenvalue weighted by Gasteiger charge is 2.17. The Morgan fingerprint density at radius 2 is 2.00 bits per heavy atom. The number of nitrogens with one attached hydrogen (secondary N) is 1. The average Bonchev–Trinajstić information content (AvgIpc) is 3.10. The first-order valence-corrected chi connectivity index (χ1v) is 10.9. The molecule has 0 bridgehead atoms. The first-order chi connectivity index (χ1) is 15.3. The van der Waals surface area contributed by atoms with Crippen molar-refractivity contribution in [3.05, 3.63) is 81.4 Å². The van der Waals surface area contributed by atoms with Gasteiger partial charge in [0.15, 0.2) is 5.16 Å². The molecule has 1 N–H and O–H groups in total. The lowest BCUT2D eigenvalue weighted by atomic mass is 10.1. The van der Waals surface area contributed by atoms with Crippen LogP contribution in [0.4, 0.5) is 10.1 Å². The molecule has 4 aromatic rings. The molecule has 8 nitrogen and oxygen atoms in total. The van der Waals surface area contributed by atoms with Crippen LogP contribution in [0.2, 0.25) is 0 Å². The molecule has 0 radical (unpaired) electrons. The average molecular weight is 453 g/mol. The van der Waals surface area contributed by atoms with Crippen LogP contribution in [0.25, 0.3) is 5.65 Å². The summed E-state index contributed by atoms with van der Waals surface area (Å²) in [6, 6.07) is 9.44. The number of thioether (sulfide) groups is 1. The van der Waals surface area contributed by atoms with Crippen molar-refractivity contribution >= 4 is 29.0 Å². The summed E-state index contributed by atoms with van der Waals surface area (Å²) in [5.74, 6) is -0.0278. The smallest absolute Gasteiger partial charge is 0.261 e. The van der Waals surface area contributed by atoms with Gasteiger partial charge in [-0.25, -0.2) is 9.37 Å². The molecule has 0 spiro atoms. The summed E-state index contributed by atoms with van der Waals surface area (Å²) in [5, 5.41) is 11.5. The number of benzene rings is 1. The highest BCUT2D eigenvalue weighted by Crippen LogP contribution is 2.19. The van der Waals surface area contributed by atoms with Gasteiger partial charge in [0.1, 0.15) is 17.3 Å². The molecular formula is C22H21FN6O2S. The quantitative estimate of drug-likeness (QED) is 0.452. The number of carbonyl (C=O) groups is 1. The summed E-state index contributed by atoms with van der Waals surface area (Å²) in [4.78, 5) is 29.8. The number of aromatic nitrogens is 5. The number of rotatable bonds is 6. The molecule has 1 amide bonds. The summed E-state index contributed by atoms with van der Waals surface area (Å²) in [7, 11) is 1.79. The number of nitrogens with zero attached hydrogens (tertiary/aromatic N) is 5. The van der Waals surface area contributed by atoms with E-state index in [-0.39, 0.29) is 23.6 Å². The van der Waals surface area contributed by atoms with Gasteiger partial charge in [-0.2, -0.15) is 0 Å². The van der Waals surface area contributed by atoms with Gasteiger partial charge in [0.25, 0.3) is 5.56 Å². The lowest BCUT2D eigenvalue weighted by Crippen LogP contribution is -2.23. The van der Waals surface area contributed by atoms with E-state index in [4.69, 9.17) is 0 Å². The van der Waals surface area contributed by atoms with E-state index in [2.05, 4.69) is 20.5 Å². The molecule has 164 valence electrons. The predicted octanol–water partition coefficient (Wildman–Crippen LogP) is 2.90. The number of halogens is 1. The molecule has 10 heteroatoms. The highest BCUT2D eigenvalue weighted by atomic mass is 32.2. The normalized spacial score (nSPS) is 11.1. The van der Waals surface area contributed by atoms with Crippen molar-refractivity contribution < 1.29 is 9.18 Å². The number of hydrogen-bond donors (Lipinski definition) is 1. The van der Waals surface area contributed by atoms with Crippen molar-refractivity contribution in [3.8, 4) is 0 Å². The van der Waals surface area contributed by atoms with E-state index in [1.807, 2.05) is 26.0 Å². The number of carbonyl (C=O) groups excluding carboxylic acids is 1. The maximum absolute atomic E-state index is 13.3. The molecule has 0 fully saturated rings. The predicted molar refractivity (Wildman–Crippen MR) is 120 cm³/mol. The van der Waals surface area contributed by atoms with Gasteiger partial charge in [0, 0.05) is 36.6 Å². The van der Waals surface area contributed by atoms with Crippen LogP contribution >= 0.6 is 11.8 Å². The summed E-state index contributed by atoms with van der Waals surface area (Å²) < 4.78 is 16.6. The fourth-order valence-electron chi connectivity index (χ4n) is 3.32. The molecule has 32 heavy (non-hydrogen) atoms. The Kier molecular flexibility index (Phi) is 6.04. The monoisotopic (exact) mass is 452 g/mol. The fraction of sp³-hybridized carbons (Fsp3) is 0.227. The number of aryl methyl sites for hydroxylation is 2. The van der Waals surface area contributed by atoms with Crippen molar-refractivity contribution in [2.24, 2.45) is 7.05 Å². The van der Waals surface area contributed by atoms with Crippen LogP contribution in [0.1, 0.15) is 22.6 Å². The summed E-state index contributed by atoms with van der Waals surface area (Å²) in [6.45, 7) is 3.73. The standard InChI is InChI=1S/C22H21FN6O2S/c1-13-6-5-9-29-20(13)24-14(2)17(21(29)31)11-18-26-27-22(28(18)3)32-12-19(30)25-16-8-4-7-15(23)10-16/h4-10H,11-12H2,1-3H3,(H,25,30). The Morgan fingerprint density at radius 1 is 1.19 bits per heavy atom. The summed E-state index contributed by atoms with van der Waals surface area (Å²) >= 11 is 1.21. The molecule has 4 rings (SSSR count). The van der Waals surface area contributed by atoms with E-state index >= 15 is 0 Å². The summed E-state index contributed by atoms with van der Waals surface area (Å²) in [5.41, 5.74) is 3.01. The van der Waals surface area contributed by atoms with Gasteiger partial charge in [-0.15, -0.1) is 10.2 Å². The zero-order valence-electron chi connectivity index (χ0n) is 17.8. The van der Waals surface area contributed by atoms with E-state index in [1.165, 1.54) is 30.0 Å². The molecule has 0 aliphatic carbocycles. The fourth-order valence-corrected chi connectivity index (χ4v) is 4.05. The van der Waals surface area contributed by atoms with Gasteiger partial charge in [-0.3, -0.25) is 14.0 Å². The minimum absolute atomic E-state index is 0.0843. The maximum atomic E-state index is 13.3. The third-order valence-electron chi connectivity index (χ3n) is 5.05. The van der Waals surface area contributed by atoms with Gasteiger partial charge < -0.3 is 9.88 Å². The molecule has 1 aromatic carbocycles. The van der Waals surface area contributed by atoms with Crippen LogP contribution in [0.5, 0.6) is 0 Å². The third-order valence-corrected chi connectivity index (χ3v) is 6.07. The first kappa shape index (κ1) is 21.7. The minimum Gasteiger partial charge on any atom is -0.325 e. The van der Waals surface area contributed by atoms with Gasteiger partial charge in [0.2, 0.25) is 5.91 Å². The van der Waals surface area contributed by atoms with Gasteiger partial charge >= 0.3 is 0 Å². The van der Waals surface area contributed by atoms with Crippen LogP contribution in [0, 0.1) is 19.7 Å². The topological polar surface area (TPSA) is 94.2 Å². The van der Waals surface area contributed by atoms with E-state index < -0.39 is 5.82 Å².